The second-order valence-corrected chi connectivity index (χ2v) is 6.37. The second kappa shape index (κ2) is 9.04. The maximum absolute atomic E-state index is 12.1. The molecule has 1 atom stereocenters. The van der Waals surface area contributed by atoms with Crippen molar-refractivity contribution in [3.8, 4) is 0 Å². The Morgan fingerprint density at radius 2 is 1.89 bits per heavy atom. The maximum atomic E-state index is 12.1. The first kappa shape index (κ1) is 20.2. The van der Waals surface area contributed by atoms with Crippen LogP contribution in [-0.4, -0.2) is 35.2 Å². The molecule has 0 saturated heterocycles. The van der Waals surface area contributed by atoms with Crippen LogP contribution >= 0.6 is 15.9 Å². The highest BCUT2D eigenvalue weighted by molar-refractivity contribution is 9.10. The molecule has 27 heavy (non-hydrogen) atoms. The van der Waals surface area contributed by atoms with Gasteiger partial charge in [0.15, 0.2) is 6.61 Å². The van der Waals surface area contributed by atoms with E-state index in [0.717, 1.165) is 6.07 Å². The summed E-state index contributed by atoms with van der Waals surface area (Å²) in [5, 5.41) is 13.1. The van der Waals surface area contributed by atoms with Gasteiger partial charge in [-0.3, -0.25) is 19.7 Å². The summed E-state index contributed by atoms with van der Waals surface area (Å²) in [5.74, 6) is -1.86. The number of hydrogen-bond acceptors (Lipinski definition) is 6. The van der Waals surface area contributed by atoms with Crippen LogP contribution in [0.5, 0.6) is 0 Å². The minimum atomic E-state index is -1.04. The lowest BCUT2D eigenvalue weighted by molar-refractivity contribution is -0.384. The van der Waals surface area contributed by atoms with Crippen LogP contribution < -0.4 is 5.32 Å². The molecule has 0 bridgehead atoms. The Morgan fingerprint density at radius 1 is 1.19 bits per heavy atom. The zero-order valence-corrected chi connectivity index (χ0v) is 15.8. The minimum Gasteiger partial charge on any atom is -0.456 e. The van der Waals surface area contributed by atoms with Crippen molar-refractivity contribution in [1.82, 2.24) is 5.32 Å². The van der Waals surface area contributed by atoms with E-state index >= 15 is 0 Å². The monoisotopic (exact) mass is 434 g/mol. The Balaban J connectivity index is 1.92. The Labute approximate surface area is 162 Å². The standard InChI is InChI=1S/C18H15BrN2O6/c1-11(20-17(23)12-5-4-6-13(9-12)21(25)26)18(24)27-10-16(22)14-7-2-3-8-15(14)19/h2-9,11H,10H2,1H3,(H,20,23). The molecule has 0 spiro atoms. The van der Waals surface area contributed by atoms with Crippen molar-refractivity contribution in [3.63, 3.8) is 0 Å². The number of carbonyl (C=O) groups is 3. The third-order valence-electron chi connectivity index (χ3n) is 3.54. The average Bonchev–Trinajstić information content (AvgIpc) is 2.66. The Bertz CT molecular complexity index is 899. The van der Waals surface area contributed by atoms with Crippen molar-refractivity contribution in [3.05, 3.63) is 74.2 Å². The summed E-state index contributed by atoms with van der Waals surface area (Å²) in [4.78, 5) is 46.3. The molecule has 1 unspecified atom stereocenters. The van der Waals surface area contributed by atoms with Crippen LogP contribution in [0.15, 0.2) is 53.0 Å². The van der Waals surface area contributed by atoms with Crippen LogP contribution in [-0.2, 0) is 9.53 Å². The van der Waals surface area contributed by atoms with Gasteiger partial charge in [0.05, 0.1) is 4.92 Å². The molecule has 2 rings (SSSR count). The predicted molar refractivity (Wildman–Crippen MR) is 99.5 cm³/mol. The molecule has 140 valence electrons. The molecule has 0 radical (unpaired) electrons. The summed E-state index contributed by atoms with van der Waals surface area (Å²) < 4.78 is 5.52. The van der Waals surface area contributed by atoms with Gasteiger partial charge in [-0.2, -0.15) is 0 Å². The number of carbonyl (C=O) groups excluding carboxylic acids is 3. The van der Waals surface area contributed by atoms with Crippen LogP contribution in [0.2, 0.25) is 0 Å². The summed E-state index contributed by atoms with van der Waals surface area (Å²) in [7, 11) is 0. The summed E-state index contributed by atoms with van der Waals surface area (Å²) in [6, 6.07) is 10.8. The molecule has 1 amide bonds. The number of benzene rings is 2. The van der Waals surface area contributed by atoms with E-state index in [0.29, 0.717) is 10.0 Å². The van der Waals surface area contributed by atoms with Gasteiger partial charge in [-0.25, -0.2) is 4.79 Å². The van der Waals surface area contributed by atoms with Gasteiger partial charge in [0.1, 0.15) is 6.04 Å². The summed E-state index contributed by atoms with van der Waals surface area (Å²) >= 11 is 3.24. The highest BCUT2D eigenvalue weighted by atomic mass is 79.9. The van der Waals surface area contributed by atoms with Crippen LogP contribution in [0.1, 0.15) is 27.6 Å². The fourth-order valence-corrected chi connectivity index (χ4v) is 2.63. The van der Waals surface area contributed by atoms with Crippen LogP contribution in [0, 0.1) is 10.1 Å². The number of nitrogens with one attached hydrogen (secondary N) is 1. The molecular formula is C18H15BrN2O6. The van der Waals surface area contributed by atoms with Crippen molar-refractivity contribution < 1.29 is 24.0 Å². The van der Waals surface area contributed by atoms with Crippen molar-refractivity contribution >= 4 is 39.3 Å². The number of nitrogens with zero attached hydrogens (tertiary/aromatic N) is 1. The van der Waals surface area contributed by atoms with Gasteiger partial charge in [-0.15, -0.1) is 0 Å². The molecule has 2 aromatic rings. The van der Waals surface area contributed by atoms with E-state index < -0.39 is 35.2 Å². The van der Waals surface area contributed by atoms with E-state index in [1.165, 1.54) is 25.1 Å². The third-order valence-corrected chi connectivity index (χ3v) is 4.23. The number of halogens is 1. The molecule has 0 aliphatic carbocycles. The number of hydrogen-bond donors (Lipinski definition) is 1. The van der Waals surface area contributed by atoms with Crippen molar-refractivity contribution in [2.75, 3.05) is 6.61 Å². The number of rotatable bonds is 7. The van der Waals surface area contributed by atoms with Crippen LogP contribution in [0.4, 0.5) is 5.69 Å². The Morgan fingerprint density at radius 3 is 2.56 bits per heavy atom. The second-order valence-electron chi connectivity index (χ2n) is 5.51. The lowest BCUT2D eigenvalue weighted by Gasteiger charge is -2.13. The Hall–Kier alpha value is -3.07. The van der Waals surface area contributed by atoms with E-state index in [9.17, 15) is 24.5 Å². The summed E-state index contributed by atoms with van der Waals surface area (Å²) in [6.07, 6.45) is 0. The molecule has 2 aromatic carbocycles. The van der Waals surface area contributed by atoms with Gasteiger partial charge in [0, 0.05) is 27.7 Å². The van der Waals surface area contributed by atoms with Gasteiger partial charge < -0.3 is 10.1 Å². The molecular weight excluding hydrogens is 420 g/mol. The average molecular weight is 435 g/mol. The number of ether oxygens (including phenoxy) is 1. The number of Topliss-reactive ketones (excluding diaryl/α,β-unsaturated/α-hetero) is 1. The predicted octanol–water partition coefficient (Wildman–Crippen LogP) is 2.90. The summed E-state index contributed by atoms with van der Waals surface area (Å²) in [6.45, 7) is 0.916. The normalized spacial score (nSPS) is 11.3. The topological polar surface area (TPSA) is 116 Å². The summed E-state index contributed by atoms with van der Waals surface area (Å²) in [5.41, 5.74) is 0.170. The van der Waals surface area contributed by atoms with Crippen molar-refractivity contribution in [1.29, 1.82) is 0 Å². The maximum Gasteiger partial charge on any atom is 0.328 e. The zero-order chi connectivity index (χ0) is 20.0. The molecule has 0 heterocycles. The Kier molecular flexibility index (Phi) is 6.78. The van der Waals surface area contributed by atoms with E-state index in [4.69, 9.17) is 4.74 Å². The molecule has 9 heteroatoms. The van der Waals surface area contributed by atoms with Crippen LogP contribution in [0.3, 0.4) is 0 Å². The largest absolute Gasteiger partial charge is 0.456 e. The number of ketones is 1. The number of non-ortho nitro benzene ring substituents is 1. The van der Waals surface area contributed by atoms with Gasteiger partial charge in [-0.05, 0) is 19.1 Å². The first-order valence-electron chi connectivity index (χ1n) is 7.79. The first-order valence-corrected chi connectivity index (χ1v) is 8.58. The highest BCUT2D eigenvalue weighted by Crippen LogP contribution is 2.16. The van der Waals surface area contributed by atoms with Crippen molar-refractivity contribution in [2.45, 2.75) is 13.0 Å². The fourth-order valence-electron chi connectivity index (χ4n) is 2.13. The van der Waals surface area contributed by atoms with Crippen molar-refractivity contribution in [2.24, 2.45) is 0 Å². The van der Waals surface area contributed by atoms with Crippen LogP contribution in [0.25, 0.3) is 0 Å². The number of nitro groups is 1. The molecule has 0 saturated carbocycles. The third kappa shape index (κ3) is 5.45. The zero-order valence-electron chi connectivity index (χ0n) is 14.2. The molecule has 0 aliphatic rings. The molecule has 0 aromatic heterocycles. The molecule has 0 aliphatic heterocycles. The molecule has 8 nitrogen and oxygen atoms in total. The number of nitro benzene ring substituents is 1. The SMILES string of the molecule is CC(NC(=O)c1cccc([N+](=O)[O-])c1)C(=O)OCC(=O)c1ccccc1Br. The highest BCUT2D eigenvalue weighted by Gasteiger charge is 2.21. The number of amides is 1. The quantitative estimate of drug-likeness (QED) is 0.310. The molecule has 1 N–H and O–H groups in total. The fraction of sp³-hybridized carbons (Fsp3) is 0.167. The van der Waals surface area contributed by atoms with E-state index in [2.05, 4.69) is 21.2 Å². The number of esters is 1. The van der Waals surface area contributed by atoms with Gasteiger partial charge in [0.2, 0.25) is 5.78 Å². The van der Waals surface area contributed by atoms with Gasteiger partial charge >= 0.3 is 5.97 Å². The van der Waals surface area contributed by atoms with E-state index in [1.807, 2.05) is 0 Å². The van der Waals surface area contributed by atoms with E-state index in [-0.39, 0.29) is 11.3 Å². The lowest BCUT2D eigenvalue weighted by Crippen LogP contribution is -2.40. The first-order chi connectivity index (χ1) is 12.8. The minimum absolute atomic E-state index is 0.0353. The van der Waals surface area contributed by atoms with E-state index in [1.54, 1.807) is 24.3 Å². The smallest absolute Gasteiger partial charge is 0.328 e. The van der Waals surface area contributed by atoms with Gasteiger partial charge in [-0.1, -0.05) is 40.2 Å². The molecule has 0 fully saturated rings. The van der Waals surface area contributed by atoms with Gasteiger partial charge in [0.25, 0.3) is 11.6 Å². The lowest BCUT2D eigenvalue weighted by atomic mass is 10.1.